The minimum absolute atomic E-state index is 0.378. The molecule has 2 aromatic heterocycles. The number of nitriles is 1. The molecule has 0 saturated carbocycles. The van der Waals surface area contributed by atoms with E-state index in [0.29, 0.717) is 11.5 Å². The Balaban J connectivity index is 2.47. The predicted molar refractivity (Wildman–Crippen MR) is 60.2 cm³/mol. The van der Waals surface area contributed by atoms with Crippen LogP contribution in [0.2, 0.25) is 0 Å². The fourth-order valence-corrected chi connectivity index (χ4v) is 1.44. The number of hydrogen-bond acceptors (Lipinski definition) is 3. The molecule has 2 aromatic rings. The van der Waals surface area contributed by atoms with Gasteiger partial charge in [-0.15, -0.1) is 0 Å². The maximum Gasteiger partial charge on any atom is 0.102 e. The van der Waals surface area contributed by atoms with E-state index >= 15 is 0 Å². The molecule has 0 aromatic carbocycles. The van der Waals surface area contributed by atoms with E-state index in [1.165, 1.54) is 0 Å². The zero-order valence-electron chi connectivity index (χ0n) is 9.25. The number of aromatic nitrogens is 3. The van der Waals surface area contributed by atoms with E-state index in [4.69, 9.17) is 5.26 Å². The van der Waals surface area contributed by atoms with Gasteiger partial charge in [0.2, 0.25) is 0 Å². The lowest BCUT2D eigenvalue weighted by atomic mass is 10.1. The van der Waals surface area contributed by atoms with Gasteiger partial charge in [0.05, 0.1) is 17.5 Å². The van der Waals surface area contributed by atoms with Crippen molar-refractivity contribution in [2.75, 3.05) is 0 Å². The zero-order valence-corrected chi connectivity index (χ0v) is 9.25. The monoisotopic (exact) mass is 212 g/mol. The van der Waals surface area contributed by atoms with Crippen LogP contribution in [0.4, 0.5) is 0 Å². The van der Waals surface area contributed by atoms with E-state index in [2.05, 4.69) is 30.0 Å². The van der Waals surface area contributed by atoms with Crippen LogP contribution < -0.4 is 0 Å². The summed E-state index contributed by atoms with van der Waals surface area (Å²) in [4.78, 5) is 4.01. The summed E-state index contributed by atoms with van der Waals surface area (Å²) in [6.45, 7) is 4.17. The van der Waals surface area contributed by atoms with Crippen molar-refractivity contribution < 1.29 is 0 Å². The van der Waals surface area contributed by atoms with Crippen molar-refractivity contribution in [1.29, 1.82) is 5.26 Å². The van der Waals surface area contributed by atoms with Gasteiger partial charge in [0.15, 0.2) is 0 Å². The van der Waals surface area contributed by atoms with Gasteiger partial charge >= 0.3 is 0 Å². The summed E-state index contributed by atoms with van der Waals surface area (Å²) in [5, 5.41) is 13.4. The molecule has 0 aliphatic carbocycles. The molecule has 80 valence electrons. The Morgan fingerprint density at radius 2 is 2.19 bits per heavy atom. The summed E-state index contributed by atoms with van der Waals surface area (Å²) in [5.74, 6) is 0.378. The maximum absolute atomic E-state index is 8.98. The highest BCUT2D eigenvalue weighted by Gasteiger charge is 2.07. The quantitative estimate of drug-likeness (QED) is 0.767. The number of pyridine rings is 1. The molecule has 0 aliphatic heterocycles. The summed E-state index contributed by atoms with van der Waals surface area (Å²) in [7, 11) is 0. The first-order valence-electron chi connectivity index (χ1n) is 5.12. The molecule has 0 N–H and O–H groups in total. The lowest BCUT2D eigenvalue weighted by Crippen LogP contribution is -2.00. The first-order chi connectivity index (χ1) is 7.72. The summed E-state index contributed by atoms with van der Waals surface area (Å²) < 4.78 is 1.70. The van der Waals surface area contributed by atoms with Crippen molar-refractivity contribution in [1.82, 2.24) is 14.8 Å². The molecular weight excluding hydrogens is 200 g/mol. The predicted octanol–water partition coefficient (Wildman–Crippen LogP) is 2.26. The van der Waals surface area contributed by atoms with Gasteiger partial charge in [0.1, 0.15) is 11.8 Å². The van der Waals surface area contributed by atoms with Crippen molar-refractivity contribution in [2.45, 2.75) is 19.8 Å². The molecular formula is C12H12N4. The molecule has 0 saturated heterocycles. The van der Waals surface area contributed by atoms with Gasteiger partial charge in [-0.1, -0.05) is 13.8 Å². The molecule has 0 radical (unpaired) electrons. The minimum atomic E-state index is 0.378. The highest BCUT2D eigenvalue weighted by Crippen LogP contribution is 2.15. The molecule has 2 rings (SSSR count). The third-order valence-electron chi connectivity index (χ3n) is 2.37. The standard InChI is InChI=1S/C12H12N4/c1-9(2)11-4-6-16(15-11)12-8-14-5-3-10(12)7-13/h3-6,8-9H,1-2H3. The topological polar surface area (TPSA) is 54.5 Å². The number of hydrogen-bond donors (Lipinski definition) is 0. The smallest absolute Gasteiger partial charge is 0.102 e. The Labute approximate surface area is 94.2 Å². The van der Waals surface area contributed by atoms with Crippen LogP contribution in [0.5, 0.6) is 0 Å². The van der Waals surface area contributed by atoms with Gasteiger partial charge in [-0.05, 0) is 18.1 Å². The molecule has 0 atom stereocenters. The van der Waals surface area contributed by atoms with Crippen LogP contribution in [0.25, 0.3) is 5.69 Å². The SMILES string of the molecule is CC(C)c1ccn(-c2cnccc2C#N)n1. The molecule has 0 spiro atoms. The van der Waals surface area contributed by atoms with E-state index in [1.807, 2.05) is 12.3 Å². The van der Waals surface area contributed by atoms with Crippen LogP contribution in [0.3, 0.4) is 0 Å². The largest absolute Gasteiger partial charge is 0.262 e. The van der Waals surface area contributed by atoms with Gasteiger partial charge in [0, 0.05) is 12.4 Å². The average molecular weight is 212 g/mol. The molecule has 2 heterocycles. The Morgan fingerprint density at radius 3 is 2.81 bits per heavy atom. The molecule has 0 unspecified atom stereocenters. The number of nitrogens with zero attached hydrogens (tertiary/aromatic N) is 4. The first kappa shape index (κ1) is 10.4. The van der Waals surface area contributed by atoms with Crippen LogP contribution >= 0.6 is 0 Å². The average Bonchev–Trinajstić information content (AvgIpc) is 2.78. The van der Waals surface area contributed by atoms with E-state index < -0.39 is 0 Å². The molecule has 0 amide bonds. The highest BCUT2D eigenvalue weighted by atomic mass is 15.3. The van der Waals surface area contributed by atoms with E-state index in [0.717, 1.165) is 11.4 Å². The van der Waals surface area contributed by atoms with Crippen molar-refractivity contribution in [3.05, 3.63) is 42.0 Å². The summed E-state index contributed by atoms with van der Waals surface area (Å²) in [5.41, 5.74) is 2.30. The molecule has 0 fully saturated rings. The second-order valence-electron chi connectivity index (χ2n) is 3.84. The van der Waals surface area contributed by atoms with Crippen LogP contribution in [-0.4, -0.2) is 14.8 Å². The molecule has 0 aliphatic rings. The van der Waals surface area contributed by atoms with Crippen LogP contribution in [-0.2, 0) is 0 Å². The third-order valence-corrected chi connectivity index (χ3v) is 2.37. The van der Waals surface area contributed by atoms with Crippen molar-refractivity contribution in [3.63, 3.8) is 0 Å². The van der Waals surface area contributed by atoms with Gasteiger partial charge in [0.25, 0.3) is 0 Å². The summed E-state index contributed by atoms with van der Waals surface area (Å²) >= 11 is 0. The number of rotatable bonds is 2. The van der Waals surface area contributed by atoms with E-state index in [1.54, 1.807) is 23.1 Å². The van der Waals surface area contributed by atoms with Crippen molar-refractivity contribution in [3.8, 4) is 11.8 Å². The van der Waals surface area contributed by atoms with Crippen molar-refractivity contribution >= 4 is 0 Å². The highest BCUT2D eigenvalue weighted by molar-refractivity contribution is 5.45. The van der Waals surface area contributed by atoms with Gasteiger partial charge < -0.3 is 0 Å². The lowest BCUT2D eigenvalue weighted by molar-refractivity contribution is 0.766. The van der Waals surface area contributed by atoms with E-state index in [9.17, 15) is 0 Å². The Kier molecular flexibility index (Phi) is 2.69. The van der Waals surface area contributed by atoms with E-state index in [-0.39, 0.29) is 0 Å². The zero-order chi connectivity index (χ0) is 11.5. The fourth-order valence-electron chi connectivity index (χ4n) is 1.44. The third kappa shape index (κ3) is 1.80. The normalized spacial score (nSPS) is 10.4. The fraction of sp³-hybridized carbons (Fsp3) is 0.250. The van der Waals surface area contributed by atoms with Crippen LogP contribution in [0.15, 0.2) is 30.7 Å². The molecule has 4 nitrogen and oxygen atoms in total. The molecule has 4 heteroatoms. The van der Waals surface area contributed by atoms with Crippen molar-refractivity contribution in [2.24, 2.45) is 0 Å². The lowest BCUT2D eigenvalue weighted by Gasteiger charge is -2.03. The molecule has 16 heavy (non-hydrogen) atoms. The van der Waals surface area contributed by atoms with Crippen LogP contribution in [0.1, 0.15) is 31.0 Å². The van der Waals surface area contributed by atoms with Gasteiger partial charge in [-0.25, -0.2) is 4.68 Å². The van der Waals surface area contributed by atoms with Gasteiger partial charge in [-0.3, -0.25) is 4.98 Å². The molecule has 0 bridgehead atoms. The Morgan fingerprint density at radius 1 is 1.38 bits per heavy atom. The Hall–Kier alpha value is -2.15. The second-order valence-corrected chi connectivity index (χ2v) is 3.84. The summed E-state index contributed by atoms with van der Waals surface area (Å²) in [6.07, 6.45) is 5.11. The van der Waals surface area contributed by atoms with Crippen LogP contribution in [0, 0.1) is 11.3 Å². The second kappa shape index (κ2) is 4.15. The summed E-state index contributed by atoms with van der Waals surface area (Å²) in [6, 6.07) is 5.78. The van der Waals surface area contributed by atoms with Gasteiger partial charge in [-0.2, -0.15) is 10.4 Å². The minimum Gasteiger partial charge on any atom is -0.262 e. The maximum atomic E-state index is 8.98. The Bertz CT molecular complexity index is 534. The first-order valence-corrected chi connectivity index (χ1v) is 5.12.